The van der Waals surface area contributed by atoms with Gasteiger partial charge in [-0.1, -0.05) is 61.2 Å². The zero-order valence-electron chi connectivity index (χ0n) is 23.5. The number of nitrogens with one attached hydrogen (secondary N) is 1. The van der Waals surface area contributed by atoms with Crippen LogP contribution in [-0.2, 0) is 26.2 Å². The van der Waals surface area contributed by atoms with Gasteiger partial charge >= 0.3 is 0 Å². The molecule has 1 saturated carbocycles. The first kappa shape index (κ1) is 29.7. The second kappa shape index (κ2) is 13.3. The predicted molar refractivity (Wildman–Crippen MR) is 154 cm³/mol. The van der Waals surface area contributed by atoms with Gasteiger partial charge in [-0.15, -0.1) is 0 Å². The first-order chi connectivity index (χ1) is 18.0. The highest BCUT2D eigenvalue weighted by molar-refractivity contribution is 7.92. The fourth-order valence-corrected chi connectivity index (χ4v) is 6.03. The molecular formula is C30H43N3O4S. The van der Waals surface area contributed by atoms with Gasteiger partial charge in [0.2, 0.25) is 21.8 Å². The molecule has 1 aliphatic carbocycles. The van der Waals surface area contributed by atoms with E-state index in [4.69, 9.17) is 0 Å². The molecular weight excluding hydrogens is 498 g/mol. The van der Waals surface area contributed by atoms with Crippen LogP contribution in [0.1, 0.15) is 74.1 Å². The van der Waals surface area contributed by atoms with Crippen LogP contribution in [0.4, 0.5) is 5.69 Å². The topological polar surface area (TPSA) is 86.8 Å². The van der Waals surface area contributed by atoms with E-state index in [0.717, 1.165) is 47.9 Å². The number of carbonyl (C=O) groups excluding carboxylic acids is 2. The van der Waals surface area contributed by atoms with Crippen LogP contribution < -0.4 is 9.62 Å². The van der Waals surface area contributed by atoms with Crippen molar-refractivity contribution in [2.24, 2.45) is 0 Å². The van der Waals surface area contributed by atoms with Crippen molar-refractivity contribution in [1.29, 1.82) is 0 Å². The molecule has 8 heteroatoms. The Balaban J connectivity index is 1.73. The van der Waals surface area contributed by atoms with E-state index in [-0.39, 0.29) is 30.8 Å². The van der Waals surface area contributed by atoms with Gasteiger partial charge in [-0.25, -0.2) is 8.42 Å². The number of nitrogens with zero attached hydrogens (tertiary/aromatic N) is 2. The number of hydrogen-bond acceptors (Lipinski definition) is 4. The van der Waals surface area contributed by atoms with Crippen molar-refractivity contribution in [1.82, 2.24) is 10.2 Å². The standard InChI is InChI=1S/C30H43N3O4S/c1-22-14-17-26(18-15-22)21-32(25(4)30(35)31-27-10-7-6-8-11-27)29(34)12-9-19-33(38(5,36)37)28-20-23(2)13-16-24(28)3/h13-18,20,25,27H,6-12,19,21H2,1-5H3,(H,31,35). The van der Waals surface area contributed by atoms with Gasteiger partial charge in [0.25, 0.3) is 0 Å². The summed E-state index contributed by atoms with van der Waals surface area (Å²) in [6.07, 6.45) is 7.06. The molecule has 0 bridgehead atoms. The van der Waals surface area contributed by atoms with E-state index in [2.05, 4.69) is 5.32 Å². The van der Waals surface area contributed by atoms with Gasteiger partial charge in [-0.05, 0) is 69.7 Å². The number of carbonyl (C=O) groups is 2. The van der Waals surface area contributed by atoms with Crippen LogP contribution in [0.3, 0.4) is 0 Å². The summed E-state index contributed by atoms with van der Waals surface area (Å²) in [5, 5.41) is 3.16. The number of sulfonamides is 1. The third-order valence-electron chi connectivity index (χ3n) is 7.38. The number of rotatable bonds is 11. The van der Waals surface area contributed by atoms with Gasteiger partial charge < -0.3 is 10.2 Å². The van der Waals surface area contributed by atoms with E-state index in [1.165, 1.54) is 17.0 Å². The van der Waals surface area contributed by atoms with E-state index in [1.54, 1.807) is 11.8 Å². The van der Waals surface area contributed by atoms with E-state index >= 15 is 0 Å². The molecule has 2 amide bonds. The molecule has 0 heterocycles. The van der Waals surface area contributed by atoms with Crippen LogP contribution in [0.15, 0.2) is 42.5 Å². The summed E-state index contributed by atoms with van der Waals surface area (Å²) in [5.74, 6) is -0.295. The molecule has 2 aromatic carbocycles. The molecule has 1 aliphatic rings. The lowest BCUT2D eigenvalue weighted by molar-refractivity contribution is -0.141. The summed E-state index contributed by atoms with van der Waals surface area (Å²) < 4.78 is 26.7. The third-order valence-corrected chi connectivity index (χ3v) is 8.56. The van der Waals surface area contributed by atoms with E-state index in [9.17, 15) is 18.0 Å². The van der Waals surface area contributed by atoms with Crippen molar-refractivity contribution >= 4 is 27.5 Å². The minimum Gasteiger partial charge on any atom is -0.352 e. The fourth-order valence-electron chi connectivity index (χ4n) is 5.01. The van der Waals surface area contributed by atoms with E-state index < -0.39 is 16.1 Å². The number of anilines is 1. The Labute approximate surface area is 228 Å². The molecule has 1 atom stereocenters. The van der Waals surface area contributed by atoms with E-state index in [0.29, 0.717) is 18.7 Å². The Morgan fingerprint density at radius 2 is 1.61 bits per heavy atom. The van der Waals surface area contributed by atoms with Gasteiger partial charge in [0.05, 0.1) is 11.9 Å². The summed E-state index contributed by atoms with van der Waals surface area (Å²) in [7, 11) is -3.53. The summed E-state index contributed by atoms with van der Waals surface area (Å²) >= 11 is 0. The van der Waals surface area contributed by atoms with Gasteiger partial charge in [0.1, 0.15) is 6.04 Å². The number of benzene rings is 2. The first-order valence-corrected chi connectivity index (χ1v) is 15.5. The van der Waals surface area contributed by atoms with Crippen LogP contribution in [0.25, 0.3) is 0 Å². The molecule has 38 heavy (non-hydrogen) atoms. The van der Waals surface area contributed by atoms with Crippen molar-refractivity contribution in [2.75, 3.05) is 17.1 Å². The predicted octanol–water partition coefficient (Wildman–Crippen LogP) is 5.02. The Morgan fingerprint density at radius 1 is 0.974 bits per heavy atom. The molecule has 7 nitrogen and oxygen atoms in total. The Bertz CT molecular complexity index is 1200. The molecule has 2 aromatic rings. The van der Waals surface area contributed by atoms with Gasteiger partial charge in [-0.2, -0.15) is 0 Å². The van der Waals surface area contributed by atoms with Gasteiger partial charge in [0, 0.05) is 25.6 Å². The van der Waals surface area contributed by atoms with E-state index in [1.807, 2.05) is 63.2 Å². The quantitative estimate of drug-likeness (QED) is 0.433. The Kier molecular flexibility index (Phi) is 10.4. The highest BCUT2D eigenvalue weighted by Crippen LogP contribution is 2.25. The summed E-state index contributed by atoms with van der Waals surface area (Å²) in [4.78, 5) is 28.3. The number of aryl methyl sites for hydroxylation is 3. The molecule has 0 spiro atoms. The molecule has 0 saturated heterocycles. The summed E-state index contributed by atoms with van der Waals surface area (Å²) in [5.41, 5.74) is 4.55. The zero-order valence-corrected chi connectivity index (χ0v) is 24.3. The second-order valence-corrected chi connectivity index (χ2v) is 12.7. The monoisotopic (exact) mass is 541 g/mol. The van der Waals surface area contributed by atoms with Crippen LogP contribution in [-0.4, -0.2) is 50.0 Å². The Morgan fingerprint density at radius 3 is 2.24 bits per heavy atom. The maximum Gasteiger partial charge on any atom is 0.242 e. The normalized spacial score (nSPS) is 15.1. The first-order valence-electron chi connectivity index (χ1n) is 13.7. The Hall–Kier alpha value is -2.87. The third kappa shape index (κ3) is 8.32. The molecule has 1 N–H and O–H groups in total. The van der Waals surface area contributed by atoms with Crippen LogP contribution in [0.2, 0.25) is 0 Å². The molecule has 3 rings (SSSR count). The molecule has 208 valence electrons. The average Bonchev–Trinajstić information content (AvgIpc) is 2.87. The van der Waals surface area contributed by atoms with Gasteiger partial charge in [-0.3, -0.25) is 13.9 Å². The van der Waals surface area contributed by atoms with Crippen molar-refractivity contribution in [2.45, 2.75) is 91.3 Å². The minimum atomic E-state index is -3.53. The number of amides is 2. The summed E-state index contributed by atoms with van der Waals surface area (Å²) in [6, 6.07) is 13.2. The van der Waals surface area contributed by atoms with Crippen LogP contribution in [0.5, 0.6) is 0 Å². The molecule has 0 aromatic heterocycles. The maximum atomic E-state index is 13.5. The lowest BCUT2D eigenvalue weighted by atomic mass is 9.95. The highest BCUT2D eigenvalue weighted by Gasteiger charge is 2.28. The maximum absolute atomic E-state index is 13.5. The van der Waals surface area contributed by atoms with Crippen molar-refractivity contribution < 1.29 is 18.0 Å². The molecule has 0 aliphatic heterocycles. The summed E-state index contributed by atoms with van der Waals surface area (Å²) in [6.45, 7) is 8.12. The zero-order chi connectivity index (χ0) is 27.9. The molecule has 1 unspecified atom stereocenters. The van der Waals surface area contributed by atoms with Crippen molar-refractivity contribution in [3.63, 3.8) is 0 Å². The van der Waals surface area contributed by atoms with Crippen LogP contribution in [0, 0.1) is 20.8 Å². The largest absolute Gasteiger partial charge is 0.352 e. The smallest absolute Gasteiger partial charge is 0.242 e. The fraction of sp³-hybridized carbons (Fsp3) is 0.533. The minimum absolute atomic E-state index is 0.134. The SMILES string of the molecule is Cc1ccc(CN(C(=O)CCCN(c2cc(C)ccc2C)S(C)(=O)=O)C(C)C(=O)NC2CCCCC2)cc1. The van der Waals surface area contributed by atoms with Crippen molar-refractivity contribution in [3.8, 4) is 0 Å². The van der Waals surface area contributed by atoms with Crippen molar-refractivity contribution in [3.05, 3.63) is 64.7 Å². The molecule has 0 radical (unpaired) electrons. The second-order valence-electron chi connectivity index (χ2n) is 10.8. The number of hydrogen-bond donors (Lipinski definition) is 1. The van der Waals surface area contributed by atoms with Gasteiger partial charge in [0.15, 0.2) is 0 Å². The molecule has 1 fully saturated rings. The highest BCUT2D eigenvalue weighted by atomic mass is 32.2. The average molecular weight is 542 g/mol. The lowest BCUT2D eigenvalue weighted by Crippen LogP contribution is -2.50. The van der Waals surface area contributed by atoms with Crippen LogP contribution >= 0.6 is 0 Å². The lowest BCUT2D eigenvalue weighted by Gasteiger charge is -2.31.